The number of halogens is 1. The molecule has 0 saturated heterocycles. The Morgan fingerprint density at radius 2 is 2.31 bits per heavy atom. The smallest absolute Gasteiger partial charge is 0.133 e. The topological polar surface area (TPSA) is 50.9 Å². The molecule has 2 rings (SSSR count). The molecule has 1 aliphatic rings. The molecule has 1 aromatic rings. The van der Waals surface area contributed by atoms with E-state index in [0.717, 1.165) is 11.7 Å². The number of pyridine rings is 1. The van der Waals surface area contributed by atoms with Crippen molar-refractivity contribution < 1.29 is 0 Å². The van der Waals surface area contributed by atoms with Gasteiger partial charge in [0.25, 0.3) is 0 Å². The molecule has 1 saturated carbocycles. The average Bonchev–Trinajstić information content (AvgIpc) is 2.63. The maximum atomic E-state index is 5.76. The Balaban J connectivity index is 2.11. The first-order valence-electron chi connectivity index (χ1n) is 4.35. The van der Waals surface area contributed by atoms with E-state index in [9.17, 15) is 0 Å². The first-order valence-corrected chi connectivity index (χ1v) is 4.72. The van der Waals surface area contributed by atoms with Gasteiger partial charge in [0.05, 0.1) is 0 Å². The van der Waals surface area contributed by atoms with Gasteiger partial charge in [-0.1, -0.05) is 18.5 Å². The Morgan fingerprint density at radius 1 is 1.62 bits per heavy atom. The van der Waals surface area contributed by atoms with Crippen LogP contribution in [0.1, 0.15) is 13.3 Å². The van der Waals surface area contributed by atoms with E-state index in [1.165, 1.54) is 6.42 Å². The summed E-state index contributed by atoms with van der Waals surface area (Å²) in [5.41, 5.74) is 6.27. The van der Waals surface area contributed by atoms with Gasteiger partial charge < -0.3 is 11.1 Å². The predicted molar refractivity (Wildman–Crippen MR) is 54.9 cm³/mol. The molecule has 0 aliphatic heterocycles. The number of hydrogen-bond donors (Lipinski definition) is 2. The third-order valence-corrected chi connectivity index (χ3v) is 2.45. The summed E-state index contributed by atoms with van der Waals surface area (Å²) in [7, 11) is 0. The summed E-state index contributed by atoms with van der Waals surface area (Å²) in [5.74, 6) is 1.52. The van der Waals surface area contributed by atoms with E-state index >= 15 is 0 Å². The average molecular weight is 198 g/mol. The Bertz CT molecular complexity index is 306. The molecule has 1 aliphatic carbocycles. The van der Waals surface area contributed by atoms with Gasteiger partial charge >= 0.3 is 0 Å². The maximum Gasteiger partial charge on any atom is 0.133 e. The van der Waals surface area contributed by atoms with Gasteiger partial charge in [0.2, 0.25) is 0 Å². The third kappa shape index (κ3) is 2.04. The lowest BCUT2D eigenvalue weighted by Crippen LogP contribution is -2.05. The maximum absolute atomic E-state index is 5.76. The quantitative estimate of drug-likeness (QED) is 0.715. The van der Waals surface area contributed by atoms with Crippen molar-refractivity contribution in [2.24, 2.45) is 5.92 Å². The first-order chi connectivity index (χ1) is 6.15. The van der Waals surface area contributed by atoms with Crippen LogP contribution in [-0.2, 0) is 0 Å². The number of nitrogens with two attached hydrogens (primary N) is 1. The molecule has 13 heavy (non-hydrogen) atoms. The van der Waals surface area contributed by atoms with E-state index in [2.05, 4.69) is 17.2 Å². The molecule has 0 spiro atoms. The zero-order valence-electron chi connectivity index (χ0n) is 7.42. The molecule has 0 amide bonds. The van der Waals surface area contributed by atoms with Gasteiger partial charge in [0.15, 0.2) is 0 Å². The fraction of sp³-hybridized carbons (Fsp3) is 0.444. The van der Waals surface area contributed by atoms with Crippen LogP contribution in [0.15, 0.2) is 12.1 Å². The van der Waals surface area contributed by atoms with E-state index in [4.69, 9.17) is 17.3 Å². The molecule has 3 nitrogen and oxygen atoms in total. The van der Waals surface area contributed by atoms with Crippen molar-refractivity contribution in [3.05, 3.63) is 17.3 Å². The van der Waals surface area contributed by atoms with Crippen molar-refractivity contribution in [1.29, 1.82) is 0 Å². The molecule has 1 fully saturated rings. The Kier molecular flexibility index (Phi) is 2.04. The van der Waals surface area contributed by atoms with Crippen LogP contribution < -0.4 is 11.1 Å². The molecule has 0 bridgehead atoms. The first kappa shape index (κ1) is 8.63. The number of nitrogens with one attached hydrogen (secondary N) is 1. The molecule has 1 aromatic heterocycles. The van der Waals surface area contributed by atoms with Crippen molar-refractivity contribution in [3.63, 3.8) is 0 Å². The fourth-order valence-corrected chi connectivity index (χ4v) is 1.52. The summed E-state index contributed by atoms with van der Waals surface area (Å²) in [6.45, 7) is 2.20. The highest BCUT2D eigenvalue weighted by atomic mass is 35.5. The van der Waals surface area contributed by atoms with Gasteiger partial charge in [-0.25, -0.2) is 4.98 Å². The lowest BCUT2D eigenvalue weighted by molar-refractivity contribution is 0.924. The van der Waals surface area contributed by atoms with Crippen molar-refractivity contribution in [2.75, 3.05) is 11.1 Å². The van der Waals surface area contributed by atoms with Crippen LogP contribution in [0.5, 0.6) is 0 Å². The summed E-state index contributed by atoms with van der Waals surface area (Å²) in [6.07, 6.45) is 1.20. The molecule has 2 unspecified atom stereocenters. The summed E-state index contributed by atoms with van der Waals surface area (Å²) in [5, 5.41) is 3.71. The summed E-state index contributed by atoms with van der Waals surface area (Å²) < 4.78 is 0. The highest BCUT2D eigenvalue weighted by molar-refractivity contribution is 6.29. The summed E-state index contributed by atoms with van der Waals surface area (Å²) >= 11 is 5.76. The molecular formula is C9H12ClN3. The zero-order valence-corrected chi connectivity index (χ0v) is 8.17. The normalized spacial score (nSPS) is 25.7. The number of hydrogen-bond acceptors (Lipinski definition) is 3. The van der Waals surface area contributed by atoms with E-state index in [1.807, 2.05) is 0 Å². The van der Waals surface area contributed by atoms with E-state index in [-0.39, 0.29) is 0 Å². The molecule has 70 valence electrons. The minimum atomic E-state index is 0.441. The second kappa shape index (κ2) is 3.07. The molecule has 0 aromatic carbocycles. The Labute approximate surface area is 82.3 Å². The molecule has 0 radical (unpaired) electrons. The highest BCUT2D eigenvalue weighted by Gasteiger charge is 2.32. The minimum absolute atomic E-state index is 0.441. The van der Waals surface area contributed by atoms with Gasteiger partial charge in [0, 0.05) is 17.8 Å². The van der Waals surface area contributed by atoms with Crippen LogP contribution in [0.2, 0.25) is 5.15 Å². The standard InChI is InChI=1S/C9H12ClN3/c1-5-2-7(5)12-9-4-6(11)3-8(10)13-9/h3-5,7H,2H2,1H3,(H3,11,12,13). The van der Waals surface area contributed by atoms with Crippen molar-refractivity contribution in [2.45, 2.75) is 19.4 Å². The summed E-state index contributed by atoms with van der Waals surface area (Å²) in [6, 6.07) is 3.99. The molecule has 3 N–H and O–H groups in total. The number of nitrogens with zero attached hydrogens (tertiary/aromatic N) is 1. The van der Waals surface area contributed by atoms with Crippen LogP contribution in [0.4, 0.5) is 11.5 Å². The van der Waals surface area contributed by atoms with Crippen molar-refractivity contribution >= 4 is 23.1 Å². The van der Waals surface area contributed by atoms with Gasteiger partial charge in [-0.3, -0.25) is 0 Å². The fourth-order valence-electron chi connectivity index (χ4n) is 1.30. The Morgan fingerprint density at radius 3 is 2.85 bits per heavy atom. The van der Waals surface area contributed by atoms with Gasteiger partial charge in [0.1, 0.15) is 11.0 Å². The Hall–Kier alpha value is -0.960. The number of anilines is 2. The zero-order chi connectivity index (χ0) is 9.42. The van der Waals surface area contributed by atoms with Crippen LogP contribution in [0.3, 0.4) is 0 Å². The van der Waals surface area contributed by atoms with Crippen LogP contribution in [0, 0.1) is 5.92 Å². The molecule has 4 heteroatoms. The van der Waals surface area contributed by atoms with Crippen LogP contribution in [-0.4, -0.2) is 11.0 Å². The van der Waals surface area contributed by atoms with E-state index < -0.39 is 0 Å². The second-order valence-corrected chi connectivity index (χ2v) is 3.96. The van der Waals surface area contributed by atoms with E-state index in [0.29, 0.717) is 16.9 Å². The van der Waals surface area contributed by atoms with Crippen molar-refractivity contribution in [3.8, 4) is 0 Å². The number of nitrogen functional groups attached to an aromatic ring is 1. The molecule has 2 atom stereocenters. The van der Waals surface area contributed by atoms with Gasteiger partial charge in [-0.05, 0) is 18.4 Å². The SMILES string of the molecule is CC1CC1Nc1cc(N)cc(Cl)n1. The van der Waals surface area contributed by atoms with Crippen LogP contribution in [0.25, 0.3) is 0 Å². The second-order valence-electron chi connectivity index (χ2n) is 3.57. The number of rotatable bonds is 2. The predicted octanol–water partition coefficient (Wildman–Crippen LogP) is 2.14. The number of aromatic nitrogens is 1. The van der Waals surface area contributed by atoms with Crippen LogP contribution >= 0.6 is 11.6 Å². The largest absolute Gasteiger partial charge is 0.399 e. The lowest BCUT2D eigenvalue weighted by Gasteiger charge is -2.05. The van der Waals surface area contributed by atoms with Gasteiger partial charge in [-0.2, -0.15) is 0 Å². The highest BCUT2D eigenvalue weighted by Crippen LogP contribution is 2.32. The monoisotopic (exact) mass is 197 g/mol. The minimum Gasteiger partial charge on any atom is -0.399 e. The third-order valence-electron chi connectivity index (χ3n) is 2.26. The molecule has 1 heterocycles. The molecular weight excluding hydrogens is 186 g/mol. The summed E-state index contributed by atoms with van der Waals surface area (Å²) in [4.78, 5) is 4.12. The lowest BCUT2D eigenvalue weighted by atomic mass is 10.4. The van der Waals surface area contributed by atoms with E-state index in [1.54, 1.807) is 12.1 Å². The van der Waals surface area contributed by atoms with Gasteiger partial charge in [-0.15, -0.1) is 0 Å². The van der Waals surface area contributed by atoms with Crippen molar-refractivity contribution in [1.82, 2.24) is 4.98 Å².